The first-order valence-corrected chi connectivity index (χ1v) is 6.13. The van der Waals surface area contributed by atoms with Crippen molar-refractivity contribution < 1.29 is 14.4 Å². The van der Waals surface area contributed by atoms with E-state index in [0.717, 1.165) is 0 Å². The van der Waals surface area contributed by atoms with E-state index >= 15 is 0 Å². The van der Waals surface area contributed by atoms with Crippen LogP contribution in [0, 0.1) is 0 Å². The van der Waals surface area contributed by atoms with E-state index in [1.54, 1.807) is 38.1 Å². The zero-order valence-electron chi connectivity index (χ0n) is 11.2. The summed E-state index contributed by atoms with van der Waals surface area (Å²) >= 11 is 0. The third kappa shape index (κ3) is 2.48. The van der Waals surface area contributed by atoms with Gasteiger partial charge in [0.2, 0.25) is 5.91 Å². The Labute approximate surface area is 115 Å². The van der Waals surface area contributed by atoms with Gasteiger partial charge in [0.05, 0.1) is 6.04 Å². The first kappa shape index (κ1) is 14.0. The lowest BCUT2D eigenvalue weighted by Crippen LogP contribution is -2.40. The molecule has 5 N–H and O–H groups in total. The Morgan fingerprint density at radius 3 is 2.65 bits per heavy atom. The van der Waals surface area contributed by atoms with Crippen LogP contribution in [-0.4, -0.2) is 23.9 Å². The highest BCUT2D eigenvalue weighted by Crippen LogP contribution is 2.26. The highest BCUT2D eigenvalue weighted by atomic mass is 16.2. The van der Waals surface area contributed by atoms with Gasteiger partial charge < -0.3 is 16.4 Å². The van der Waals surface area contributed by atoms with Gasteiger partial charge in [0.15, 0.2) is 0 Å². The average Bonchev–Trinajstić information content (AvgIpc) is 2.64. The van der Waals surface area contributed by atoms with E-state index in [9.17, 15) is 14.4 Å². The van der Waals surface area contributed by atoms with Crippen molar-refractivity contribution >= 4 is 23.5 Å². The summed E-state index contributed by atoms with van der Waals surface area (Å²) in [5, 5.41) is 7.39. The van der Waals surface area contributed by atoms with E-state index in [0.29, 0.717) is 11.3 Å². The van der Waals surface area contributed by atoms with Gasteiger partial charge in [-0.15, -0.1) is 0 Å². The van der Waals surface area contributed by atoms with Gasteiger partial charge in [-0.1, -0.05) is 12.1 Å². The van der Waals surface area contributed by atoms with Crippen LogP contribution in [0.2, 0.25) is 0 Å². The van der Waals surface area contributed by atoms with Crippen LogP contribution in [0.15, 0.2) is 24.3 Å². The maximum absolute atomic E-state index is 11.8. The van der Waals surface area contributed by atoms with Crippen LogP contribution in [0.1, 0.15) is 19.4 Å². The highest BCUT2D eigenvalue weighted by molar-refractivity contribution is 6.07. The van der Waals surface area contributed by atoms with Gasteiger partial charge >= 0.3 is 6.03 Å². The van der Waals surface area contributed by atoms with Crippen molar-refractivity contribution in [2.75, 3.05) is 5.32 Å². The van der Waals surface area contributed by atoms with Gasteiger partial charge in [-0.25, -0.2) is 4.79 Å². The monoisotopic (exact) mass is 276 g/mol. The lowest BCUT2D eigenvalue weighted by Gasteiger charge is -2.21. The summed E-state index contributed by atoms with van der Waals surface area (Å²) in [6.07, 6.45) is 0. The molecule has 2 rings (SSSR count). The molecule has 0 radical (unpaired) electrons. The molecule has 0 bridgehead atoms. The molecule has 1 heterocycles. The van der Waals surface area contributed by atoms with Crippen LogP contribution in [0.25, 0.3) is 0 Å². The maximum Gasteiger partial charge on any atom is 0.322 e. The summed E-state index contributed by atoms with van der Waals surface area (Å²) in [6, 6.07) is 5.53. The number of amides is 4. The Morgan fingerprint density at radius 1 is 1.40 bits per heavy atom. The zero-order chi connectivity index (χ0) is 14.9. The second kappa shape index (κ2) is 4.93. The van der Waals surface area contributed by atoms with Crippen LogP contribution in [-0.2, 0) is 15.1 Å². The molecule has 1 aliphatic heterocycles. The lowest BCUT2D eigenvalue weighted by molar-refractivity contribution is -0.123. The number of rotatable bonds is 3. The van der Waals surface area contributed by atoms with E-state index in [1.165, 1.54) is 0 Å². The average molecular weight is 276 g/mol. The number of carbonyl (C=O) groups is 3. The second-order valence-corrected chi connectivity index (χ2v) is 4.89. The van der Waals surface area contributed by atoms with Gasteiger partial charge in [0.1, 0.15) is 5.54 Å². The van der Waals surface area contributed by atoms with Crippen LogP contribution >= 0.6 is 0 Å². The molecule has 1 aromatic carbocycles. The predicted octanol–water partition coefficient (Wildman–Crippen LogP) is 0.0269. The van der Waals surface area contributed by atoms with E-state index in [4.69, 9.17) is 5.73 Å². The number of imide groups is 1. The Balaban J connectivity index is 2.28. The lowest BCUT2D eigenvalue weighted by atomic mass is 9.92. The van der Waals surface area contributed by atoms with Gasteiger partial charge in [0.25, 0.3) is 5.91 Å². The van der Waals surface area contributed by atoms with Gasteiger partial charge in [-0.05, 0) is 31.5 Å². The molecule has 7 heteroatoms. The molecule has 4 amide bonds. The fourth-order valence-electron chi connectivity index (χ4n) is 1.91. The summed E-state index contributed by atoms with van der Waals surface area (Å²) in [6.45, 7) is 3.17. The quantitative estimate of drug-likeness (QED) is 0.583. The van der Waals surface area contributed by atoms with E-state index in [2.05, 4.69) is 16.0 Å². The summed E-state index contributed by atoms with van der Waals surface area (Å²) < 4.78 is 0. The van der Waals surface area contributed by atoms with Crippen molar-refractivity contribution in [2.24, 2.45) is 5.73 Å². The minimum absolute atomic E-state index is 0.327. The number of anilines is 1. The largest absolute Gasteiger partial charge is 0.325 e. The van der Waals surface area contributed by atoms with E-state index < -0.39 is 23.5 Å². The molecule has 0 spiro atoms. The Hall–Kier alpha value is -2.41. The number of carbonyl (C=O) groups excluding carboxylic acids is 3. The molecule has 1 aromatic rings. The Kier molecular flexibility index (Phi) is 3.46. The molecular formula is C13H16N4O3. The molecule has 20 heavy (non-hydrogen) atoms. The maximum atomic E-state index is 11.8. The Morgan fingerprint density at radius 2 is 2.10 bits per heavy atom. The number of nitrogens with two attached hydrogens (primary N) is 1. The molecule has 1 aliphatic rings. The van der Waals surface area contributed by atoms with E-state index in [-0.39, 0.29) is 5.91 Å². The Bertz CT molecular complexity index is 585. The van der Waals surface area contributed by atoms with Gasteiger partial charge in [-0.2, -0.15) is 0 Å². The molecule has 7 nitrogen and oxygen atoms in total. The second-order valence-electron chi connectivity index (χ2n) is 4.89. The van der Waals surface area contributed by atoms with Gasteiger partial charge in [-0.3, -0.25) is 14.9 Å². The van der Waals surface area contributed by atoms with Gasteiger partial charge in [0, 0.05) is 5.69 Å². The zero-order valence-corrected chi connectivity index (χ0v) is 11.2. The standard InChI is InChI=1S/C13H16N4O3/c1-7(14)10(18)15-9-5-3-4-8(6-9)13(2)11(19)16-12(20)17-13/h3-7H,14H2,1-2H3,(H,15,18)(H2,16,17,19,20)/t7-,13?/m0/s1. The molecule has 0 saturated carbocycles. The smallest absolute Gasteiger partial charge is 0.322 e. The third-order valence-corrected chi connectivity index (χ3v) is 3.17. The van der Waals surface area contributed by atoms with Crippen molar-refractivity contribution in [3.05, 3.63) is 29.8 Å². The molecule has 106 valence electrons. The number of hydrogen-bond acceptors (Lipinski definition) is 4. The van der Waals surface area contributed by atoms with Crippen molar-refractivity contribution in [2.45, 2.75) is 25.4 Å². The van der Waals surface area contributed by atoms with E-state index in [1.807, 2.05) is 0 Å². The molecule has 0 aliphatic carbocycles. The number of benzene rings is 1. The van der Waals surface area contributed by atoms with Crippen LogP contribution in [0.5, 0.6) is 0 Å². The third-order valence-electron chi connectivity index (χ3n) is 3.17. The van der Waals surface area contributed by atoms with Crippen LogP contribution in [0.4, 0.5) is 10.5 Å². The summed E-state index contributed by atoms with van der Waals surface area (Å²) in [5.74, 6) is -0.759. The van der Waals surface area contributed by atoms with Crippen LogP contribution in [0.3, 0.4) is 0 Å². The fourth-order valence-corrected chi connectivity index (χ4v) is 1.91. The molecular weight excluding hydrogens is 260 g/mol. The summed E-state index contributed by atoms with van der Waals surface area (Å²) in [4.78, 5) is 34.7. The number of urea groups is 1. The molecule has 2 atom stereocenters. The molecule has 1 saturated heterocycles. The summed E-state index contributed by atoms with van der Waals surface area (Å²) in [5.41, 5.74) is 5.42. The minimum atomic E-state index is -1.15. The van der Waals surface area contributed by atoms with Crippen molar-refractivity contribution in [1.29, 1.82) is 0 Å². The first-order chi connectivity index (χ1) is 9.33. The van der Waals surface area contributed by atoms with Crippen molar-refractivity contribution in [1.82, 2.24) is 10.6 Å². The SMILES string of the molecule is C[C@H](N)C(=O)Nc1cccc(C2(C)NC(=O)NC2=O)c1. The molecule has 1 unspecified atom stereocenters. The van der Waals surface area contributed by atoms with Crippen LogP contribution < -0.4 is 21.7 Å². The van der Waals surface area contributed by atoms with Crippen molar-refractivity contribution in [3.63, 3.8) is 0 Å². The fraction of sp³-hybridized carbons (Fsp3) is 0.308. The summed E-state index contributed by atoms with van der Waals surface area (Å²) in [7, 11) is 0. The minimum Gasteiger partial charge on any atom is -0.325 e. The predicted molar refractivity (Wildman–Crippen MR) is 72.7 cm³/mol. The highest BCUT2D eigenvalue weighted by Gasteiger charge is 2.43. The number of nitrogens with one attached hydrogen (secondary N) is 3. The number of hydrogen-bond donors (Lipinski definition) is 4. The topological polar surface area (TPSA) is 113 Å². The molecule has 0 aromatic heterocycles. The molecule has 1 fully saturated rings. The van der Waals surface area contributed by atoms with Crippen molar-refractivity contribution in [3.8, 4) is 0 Å². The normalized spacial score (nSPS) is 22.9. The first-order valence-electron chi connectivity index (χ1n) is 6.13.